The molecule has 3 aliphatic rings. The van der Waals surface area contributed by atoms with Gasteiger partial charge in [0.1, 0.15) is 17.4 Å². The van der Waals surface area contributed by atoms with E-state index in [0.717, 1.165) is 19.3 Å². The van der Waals surface area contributed by atoms with Crippen molar-refractivity contribution in [2.24, 2.45) is 29.1 Å². The Bertz CT molecular complexity index is 763. The summed E-state index contributed by atoms with van der Waals surface area (Å²) in [6.07, 6.45) is 8.45. The summed E-state index contributed by atoms with van der Waals surface area (Å²) in [5, 5.41) is 23.8. The van der Waals surface area contributed by atoms with Crippen LogP contribution in [-0.2, 0) is 9.59 Å². The Morgan fingerprint density at radius 3 is 2.61 bits per heavy atom. The fraction of sp³-hybridized carbons (Fsp3) is 0.652. The van der Waals surface area contributed by atoms with E-state index in [2.05, 4.69) is 31.3 Å². The highest BCUT2D eigenvalue weighted by Gasteiger charge is 2.54. The van der Waals surface area contributed by atoms with E-state index in [1.54, 1.807) is 0 Å². The standard InChI is InChI=1S/C23H33NO4/c1-6-7-16-13(3)11-15-10-12(2)8-9-17(15)23(16,5)21(27)18-20(26)19(14(4)25)24-22(18)28/h6-7,11-12,14-17,19,25,27H,8-10H2,1-5H3,(H,24,28)/b7-6+,21-18-/t12-,14-,15+,16-,17-,19+,23-/m1/s1. The van der Waals surface area contributed by atoms with Crippen molar-refractivity contribution < 1.29 is 19.8 Å². The van der Waals surface area contributed by atoms with E-state index in [1.165, 1.54) is 12.5 Å². The van der Waals surface area contributed by atoms with Crippen LogP contribution in [0.3, 0.4) is 0 Å². The van der Waals surface area contributed by atoms with Crippen LogP contribution in [0.2, 0.25) is 0 Å². The molecule has 154 valence electrons. The van der Waals surface area contributed by atoms with Gasteiger partial charge in [0.25, 0.3) is 5.91 Å². The summed E-state index contributed by atoms with van der Waals surface area (Å²) < 4.78 is 0. The third-order valence-corrected chi connectivity index (χ3v) is 7.20. The minimum atomic E-state index is -1.00. The molecule has 0 spiro atoms. The number of allylic oxidation sites excluding steroid dienone is 5. The van der Waals surface area contributed by atoms with Crippen molar-refractivity contribution >= 4 is 11.7 Å². The van der Waals surface area contributed by atoms with Gasteiger partial charge in [-0.05, 0) is 51.4 Å². The summed E-state index contributed by atoms with van der Waals surface area (Å²) in [7, 11) is 0. The zero-order valence-corrected chi connectivity index (χ0v) is 17.5. The van der Waals surface area contributed by atoms with Crippen LogP contribution < -0.4 is 5.32 Å². The largest absolute Gasteiger partial charge is 0.511 e. The van der Waals surface area contributed by atoms with Gasteiger partial charge in [-0.1, -0.05) is 44.1 Å². The van der Waals surface area contributed by atoms with Gasteiger partial charge in [-0.3, -0.25) is 9.59 Å². The van der Waals surface area contributed by atoms with Crippen molar-refractivity contribution in [1.82, 2.24) is 5.32 Å². The van der Waals surface area contributed by atoms with Gasteiger partial charge < -0.3 is 15.5 Å². The van der Waals surface area contributed by atoms with Crippen molar-refractivity contribution in [3.8, 4) is 0 Å². The third-order valence-electron chi connectivity index (χ3n) is 7.20. The Morgan fingerprint density at radius 2 is 2.04 bits per heavy atom. The lowest BCUT2D eigenvalue weighted by molar-refractivity contribution is -0.118. The van der Waals surface area contributed by atoms with Crippen molar-refractivity contribution in [3.63, 3.8) is 0 Å². The van der Waals surface area contributed by atoms with Gasteiger partial charge in [-0.25, -0.2) is 0 Å². The number of carbonyl (C=O) groups is 2. The third kappa shape index (κ3) is 3.14. The number of fused-ring (bicyclic) bond motifs is 1. The minimum Gasteiger partial charge on any atom is -0.511 e. The molecule has 0 bridgehead atoms. The predicted octanol–water partition coefficient (Wildman–Crippen LogP) is 3.46. The number of aliphatic hydroxyl groups is 2. The second-order valence-electron chi connectivity index (χ2n) is 9.16. The van der Waals surface area contributed by atoms with Crippen molar-refractivity contribution in [2.45, 2.75) is 66.0 Å². The first-order valence-electron chi connectivity index (χ1n) is 10.4. The zero-order valence-electron chi connectivity index (χ0n) is 17.5. The van der Waals surface area contributed by atoms with E-state index in [4.69, 9.17) is 0 Å². The molecule has 3 rings (SSSR count). The number of rotatable bonds is 3. The maximum atomic E-state index is 12.8. The first kappa shape index (κ1) is 20.8. The lowest BCUT2D eigenvalue weighted by atomic mass is 9.52. The SMILES string of the molecule is C/C=C/[C@@H]1C(C)=C[C@@H]2C[C@H](C)CC[C@H]2[C@]1(C)/C(O)=C1/C(=O)N[C@@H]([C@@H](C)O)C1=O. The van der Waals surface area contributed by atoms with E-state index < -0.39 is 29.3 Å². The molecule has 7 atom stereocenters. The van der Waals surface area contributed by atoms with Crippen molar-refractivity contribution in [2.75, 3.05) is 0 Å². The topological polar surface area (TPSA) is 86.6 Å². The summed E-state index contributed by atoms with van der Waals surface area (Å²) in [4.78, 5) is 25.4. The quantitative estimate of drug-likeness (QED) is 0.300. The maximum Gasteiger partial charge on any atom is 0.259 e. The second-order valence-corrected chi connectivity index (χ2v) is 9.16. The molecule has 1 aliphatic heterocycles. The molecule has 5 heteroatoms. The average Bonchev–Trinajstić information content (AvgIpc) is 2.92. The monoisotopic (exact) mass is 387 g/mol. The van der Waals surface area contributed by atoms with Crippen LogP contribution in [0.25, 0.3) is 0 Å². The smallest absolute Gasteiger partial charge is 0.259 e. The molecule has 0 aromatic heterocycles. The molecule has 1 saturated carbocycles. The summed E-state index contributed by atoms with van der Waals surface area (Å²) in [6.45, 7) is 9.75. The zero-order chi connectivity index (χ0) is 20.8. The molecule has 0 aromatic carbocycles. The molecule has 2 fully saturated rings. The number of aliphatic hydroxyl groups excluding tert-OH is 2. The lowest BCUT2D eigenvalue weighted by Crippen LogP contribution is -2.46. The molecule has 5 nitrogen and oxygen atoms in total. The first-order valence-corrected chi connectivity index (χ1v) is 10.4. The van der Waals surface area contributed by atoms with Gasteiger partial charge in [0, 0.05) is 11.3 Å². The number of ketones is 1. The Labute approximate surface area is 167 Å². The van der Waals surface area contributed by atoms with Gasteiger partial charge in [-0.15, -0.1) is 0 Å². The number of hydrogen-bond acceptors (Lipinski definition) is 4. The molecule has 0 aromatic rings. The number of Topliss-reactive ketones (excluding diaryl/α,β-unsaturated/α-hetero) is 1. The van der Waals surface area contributed by atoms with Gasteiger partial charge in [-0.2, -0.15) is 0 Å². The Kier molecular flexibility index (Phi) is 5.59. The van der Waals surface area contributed by atoms with Crippen molar-refractivity contribution in [1.29, 1.82) is 0 Å². The Hall–Kier alpha value is -1.88. The molecule has 1 amide bonds. The molecular weight excluding hydrogens is 354 g/mol. The molecule has 1 heterocycles. The molecule has 1 saturated heterocycles. The molecule has 28 heavy (non-hydrogen) atoms. The summed E-state index contributed by atoms with van der Waals surface area (Å²) >= 11 is 0. The van der Waals surface area contributed by atoms with Crippen LogP contribution in [0.1, 0.15) is 53.9 Å². The average molecular weight is 388 g/mol. The Balaban J connectivity index is 2.16. The second kappa shape index (κ2) is 7.51. The number of amides is 1. The maximum absolute atomic E-state index is 12.8. The van der Waals surface area contributed by atoms with Crippen LogP contribution in [0, 0.1) is 29.1 Å². The van der Waals surface area contributed by atoms with Gasteiger partial charge >= 0.3 is 0 Å². The summed E-state index contributed by atoms with van der Waals surface area (Å²) in [5.74, 6) is -0.173. The predicted molar refractivity (Wildman–Crippen MR) is 108 cm³/mol. The fourth-order valence-electron chi connectivity index (χ4n) is 5.75. The number of carbonyl (C=O) groups excluding carboxylic acids is 2. The summed E-state index contributed by atoms with van der Waals surface area (Å²) in [5.41, 5.74) is 0.266. The van der Waals surface area contributed by atoms with Gasteiger partial charge in [0.15, 0.2) is 5.78 Å². The molecular formula is C23H33NO4. The van der Waals surface area contributed by atoms with Crippen LogP contribution in [0.5, 0.6) is 0 Å². The van der Waals surface area contributed by atoms with Crippen LogP contribution in [0.15, 0.2) is 35.1 Å². The van der Waals surface area contributed by atoms with Gasteiger partial charge in [0.2, 0.25) is 0 Å². The molecule has 0 unspecified atom stereocenters. The minimum absolute atomic E-state index is 0.0779. The fourth-order valence-corrected chi connectivity index (χ4v) is 5.75. The first-order chi connectivity index (χ1) is 13.1. The van der Waals surface area contributed by atoms with Crippen LogP contribution in [-0.4, -0.2) is 34.0 Å². The summed E-state index contributed by atoms with van der Waals surface area (Å²) in [6, 6.07) is -0.990. The molecule has 0 radical (unpaired) electrons. The van der Waals surface area contributed by atoms with Crippen molar-refractivity contribution in [3.05, 3.63) is 35.1 Å². The number of nitrogens with one attached hydrogen (secondary N) is 1. The number of hydrogen-bond donors (Lipinski definition) is 3. The molecule has 3 N–H and O–H groups in total. The van der Waals surface area contributed by atoms with E-state index in [9.17, 15) is 19.8 Å². The van der Waals surface area contributed by atoms with E-state index in [0.29, 0.717) is 11.8 Å². The highest BCUT2D eigenvalue weighted by molar-refractivity contribution is 6.27. The normalized spacial score (nSPS) is 41.5. The van der Waals surface area contributed by atoms with E-state index >= 15 is 0 Å². The highest BCUT2D eigenvalue weighted by Crippen LogP contribution is 2.57. The molecule has 2 aliphatic carbocycles. The Morgan fingerprint density at radius 1 is 1.36 bits per heavy atom. The van der Waals surface area contributed by atoms with E-state index in [-0.39, 0.29) is 23.2 Å². The highest BCUT2D eigenvalue weighted by atomic mass is 16.3. The van der Waals surface area contributed by atoms with Crippen LogP contribution in [0.4, 0.5) is 0 Å². The van der Waals surface area contributed by atoms with E-state index in [1.807, 2.05) is 19.9 Å². The lowest BCUT2D eigenvalue weighted by Gasteiger charge is -2.52. The van der Waals surface area contributed by atoms with Gasteiger partial charge in [0.05, 0.1) is 6.10 Å². The van der Waals surface area contributed by atoms with Crippen LogP contribution >= 0.6 is 0 Å².